The van der Waals surface area contributed by atoms with Crippen molar-refractivity contribution in [2.75, 3.05) is 0 Å². The van der Waals surface area contributed by atoms with Crippen molar-refractivity contribution < 1.29 is 19.0 Å². The minimum Gasteiger partial charge on any atom is -0.488 e. The number of halogens is 2. The number of rotatable bonds is 4. The van der Waals surface area contributed by atoms with Crippen molar-refractivity contribution in [3.8, 4) is 5.75 Å². The van der Waals surface area contributed by atoms with Gasteiger partial charge in [-0.25, -0.2) is 9.18 Å². The summed E-state index contributed by atoms with van der Waals surface area (Å²) in [5, 5.41) is 8.84. The second-order valence-corrected chi connectivity index (χ2v) is 5.00. The molecule has 0 saturated carbocycles. The lowest BCUT2D eigenvalue weighted by Crippen LogP contribution is -2.03. The van der Waals surface area contributed by atoms with Crippen LogP contribution in [0.5, 0.6) is 5.75 Å². The van der Waals surface area contributed by atoms with Gasteiger partial charge in [-0.05, 0) is 52.4 Å². The van der Waals surface area contributed by atoms with Gasteiger partial charge in [0.15, 0.2) is 0 Å². The van der Waals surface area contributed by atoms with Gasteiger partial charge in [-0.3, -0.25) is 0 Å². The number of hydrogen-bond acceptors (Lipinski definition) is 2. The molecule has 0 saturated heterocycles. The van der Waals surface area contributed by atoms with Crippen LogP contribution in [0.3, 0.4) is 0 Å². The molecule has 19 heavy (non-hydrogen) atoms. The fourth-order valence-corrected chi connectivity index (χ4v) is 2.09. The van der Waals surface area contributed by atoms with Gasteiger partial charge in [0.1, 0.15) is 18.2 Å². The highest BCUT2D eigenvalue weighted by molar-refractivity contribution is 14.1. The van der Waals surface area contributed by atoms with Crippen LogP contribution in [-0.2, 0) is 6.61 Å². The normalized spacial score (nSPS) is 10.2. The Morgan fingerprint density at radius 3 is 2.68 bits per heavy atom. The van der Waals surface area contributed by atoms with Crippen molar-refractivity contribution in [1.29, 1.82) is 0 Å². The number of aromatic carboxylic acids is 1. The fraction of sp³-hybridized carbons (Fsp3) is 0.0714. The summed E-state index contributed by atoms with van der Waals surface area (Å²) in [6.07, 6.45) is 0. The van der Waals surface area contributed by atoms with Gasteiger partial charge < -0.3 is 9.84 Å². The van der Waals surface area contributed by atoms with Crippen LogP contribution in [-0.4, -0.2) is 11.1 Å². The first-order chi connectivity index (χ1) is 9.08. The highest BCUT2D eigenvalue weighted by Gasteiger charge is 2.11. The third kappa shape index (κ3) is 3.44. The van der Waals surface area contributed by atoms with Crippen LogP contribution >= 0.6 is 22.6 Å². The third-order valence-electron chi connectivity index (χ3n) is 2.49. The first-order valence-electron chi connectivity index (χ1n) is 5.47. The van der Waals surface area contributed by atoms with E-state index in [-0.39, 0.29) is 12.2 Å². The molecule has 0 bridgehead atoms. The SMILES string of the molecule is O=C(O)c1cc(COc2ccccc2I)ccc1F. The Kier molecular flexibility index (Phi) is 4.36. The lowest BCUT2D eigenvalue weighted by molar-refractivity contribution is 0.0691. The third-order valence-corrected chi connectivity index (χ3v) is 3.38. The molecule has 0 unspecified atom stereocenters. The van der Waals surface area contributed by atoms with E-state index >= 15 is 0 Å². The highest BCUT2D eigenvalue weighted by atomic mass is 127. The molecule has 0 spiro atoms. The maximum atomic E-state index is 13.2. The van der Waals surface area contributed by atoms with Gasteiger partial charge in [-0.2, -0.15) is 0 Å². The lowest BCUT2D eigenvalue weighted by atomic mass is 10.1. The Balaban J connectivity index is 2.14. The molecular formula is C14H10FIO3. The lowest BCUT2D eigenvalue weighted by Gasteiger charge is -2.08. The molecule has 0 aliphatic rings. The summed E-state index contributed by atoms with van der Waals surface area (Å²) in [4.78, 5) is 10.8. The molecule has 3 nitrogen and oxygen atoms in total. The molecule has 0 fully saturated rings. The molecule has 0 atom stereocenters. The molecular weight excluding hydrogens is 362 g/mol. The molecule has 2 rings (SSSR count). The fourth-order valence-electron chi connectivity index (χ4n) is 1.55. The molecule has 5 heteroatoms. The number of benzene rings is 2. The number of carbonyl (C=O) groups is 1. The summed E-state index contributed by atoms with van der Waals surface area (Å²) < 4.78 is 19.8. The molecule has 2 aromatic carbocycles. The summed E-state index contributed by atoms with van der Waals surface area (Å²) >= 11 is 2.15. The quantitative estimate of drug-likeness (QED) is 0.833. The van der Waals surface area contributed by atoms with Crippen LogP contribution in [0.4, 0.5) is 4.39 Å². The van der Waals surface area contributed by atoms with E-state index in [1.54, 1.807) is 0 Å². The Morgan fingerprint density at radius 2 is 2.00 bits per heavy atom. The molecule has 0 aliphatic carbocycles. The van der Waals surface area contributed by atoms with Gasteiger partial charge in [-0.15, -0.1) is 0 Å². The Labute approximate surface area is 123 Å². The van der Waals surface area contributed by atoms with Gasteiger partial charge in [0.2, 0.25) is 0 Å². The second kappa shape index (κ2) is 6.01. The summed E-state index contributed by atoms with van der Waals surface area (Å²) in [5.41, 5.74) is 0.266. The van der Waals surface area contributed by atoms with Crippen molar-refractivity contribution in [3.63, 3.8) is 0 Å². The molecule has 0 aromatic heterocycles. The van der Waals surface area contributed by atoms with E-state index in [1.165, 1.54) is 12.1 Å². The highest BCUT2D eigenvalue weighted by Crippen LogP contribution is 2.21. The van der Waals surface area contributed by atoms with E-state index in [1.807, 2.05) is 24.3 Å². The Hall–Kier alpha value is -1.63. The predicted molar refractivity (Wildman–Crippen MR) is 76.9 cm³/mol. The van der Waals surface area contributed by atoms with Gasteiger partial charge in [0.25, 0.3) is 0 Å². The van der Waals surface area contributed by atoms with E-state index in [2.05, 4.69) is 22.6 Å². The standard InChI is InChI=1S/C14H10FIO3/c15-11-6-5-9(7-10(11)14(17)18)8-19-13-4-2-1-3-12(13)16/h1-7H,8H2,(H,17,18). The van der Waals surface area contributed by atoms with E-state index < -0.39 is 11.8 Å². The zero-order valence-electron chi connectivity index (χ0n) is 9.77. The molecule has 1 N–H and O–H groups in total. The van der Waals surface area contributed by atoms with Crippen molar-refractivity contribution >= 4 is 28.6 Å². The zero-order chi connectivity index (χ0) is 13.8. The topological polar surface area (TPSA) is 46.5 Å². The Bertz CT molecular complexity index is 613. The van der Waals surface area contributed by atoms with Crippen molar-refractivity contribution in [2.24, 2.45) is 0 Å². The van der Waals surface area contributed by atoms with Crippen LogP contribution in [0.15, 0.2) is 42.5 Å². The van der Waals surface area contributed by atoms with Gasteiger partial charge >= 0.3 is 5.97 Å². The van der Waals surface area contributed by atoms with E-state index in [4.69, 9.17) is 9.84 Å². The summed E-state index contributed by atoms with van der Waals surface area (Å²) in [7, 11) is 0. The van der Waals surface area contributed by atoms with Crippen LogP contribution in [0.2, 0.25) is 0 Å². The molecule has 2 aromatic rings. The molecule has 0 aliphatic heterocycles. The first-order valence-corrected chi connectivity index (χ1v) is 6.55. The van der Waals surface area contributed by atoms with Crippen LogP contribution in [0, 0.1) is 9.39 Å². The number of hydrogen-bond donors (Lipinski definition) is 1. The summed E-state index contributed by atoms with van der Waals surface area (Å²) in [6, 6.07) is 11.4. The predicted octanol–water partition coefficient (Wildman–Crippen LogP) is 3.71. The van der Waals surface area contributed by atoms with Gasteiger partial charge in [-0.1, -0.05) is 18.2 Å². The van der Waals surface area contributed by atoms with Crippen LogP contribution in [0.1, 0.15) is 15.9 Å². The van der Waals surface area contributed by atoms with Crippen molar-refractivity contribution in [2.45, 2.75) is 6.61 Å². The zero-order valence-corrected chi connectivity index (χ0v) is 11.9. The average molecular weight is 372 g/mol. The largest absolute Gasteiger partial charge is 0.488 e. The average Bonchev–Trinajstić information content (AvgIpc) is 2.39. The number of carboxylic acid groups (broad SMARTS) is 1. The van der Waals surface area contributed by atoms with Crippen molar-refractivity contribution in [1.82, 2.24) is 0 Å². The monoisotopic (exact) mass is 372 g/mol. The van der Waals surface area contributed by atoms with Crippen molar-refractivity contribution in [3.05, 3.63) is 63.0 Å². The summed E-state index contributed by atoms with van der Waals surface area (Å²) in [5.74, 6) is -1.32. The van der Waals surface area contributed by atoms with Crippen LogP contribution in [0.25, 0.3) is 0 Å². The smallest absolute Gasteiger partial charge is 0.338 e. The maximum Gasteiger partial charge on any atom is 0.338 e. The minimum absolute atomic E-state index is 0.195. The molecule has 0 amide bonds. The summed E-state index contributed by atoms with van der Waals surface area (Å²) in [6.45, 7) is 0.195. The van der Waals surface area contributed by atoms with Gasteiger partial charge in [0.05, 0.1) is 9.13 Å². The first kappa shape index (κ1) is 13.8. The minimum atomic E-state index is -1.28. The maximum absolute atomic E-state index is 13.2. The Morgan fingerprint density at radius 1 is 1.26 bits per heavy atom. The van der Waals surface area contributed by atoms with E-state index in [0.29, 0.717) is 11.3 Å². The van der Waals surface area contributed by atoms with E-state index in [0.717, 1.165) is 9.64 Å². The number of para-hydroxylation sites is 1. The number of ether oxygens (including phenoxy) is 1. The van der Waals surface area contributed by atoms with Gasteiger partial charge in [0, 0.05) is 0 Å². The molecule has 98 valence electrons. The second-order valence-electron chi connectivity index (χ2n) is 3.84. The molecule has 0 radical (unpaired) electrons. The molecule has 0 heterocycles. The number of carboxylic acids is 1. The van der Waals surface area contributed by atoms with Crippen LogP contribution < -0.4 is 4.74 Å². The van der Waals surface area contributed by atoms with E-state index in [9.17, 15) is 9.18 Å².